The molecule has 4 heteroatoms. The molecule has 1 aromatic rings. The monoisotopic (exact) mass is 293 g/mol. The quantitative estimate of drug-likeness (QED) is 0.811. The van der Waals surface area contributed by atoms with E-state index in [-0.39, 0.29) is 0 Å². The van der Waals surface area contributed by atoms with Gasteiger partial charge in [-0.25, -0.2) is 0 Å². The largest absolute Gasteiger partial charge is 0.493 e. The normalized spacial score (nSPS) is 17.5. The lowest BCUT2D eigenvalue weighted by atomic mass is 9.85. The molecular weight excluding hydrogens is 266 g/mol. The molecule has 0 atom stereocenters. The van der Waals surface area contributed by atoms with Crippen LogP contribution in [0.25, 0.3) is 0 Å². The van der Waals surface area contributed by atoms with Crippen LogP contribution in [-0.4, -0.2) is 31.0 Å². The van der Waals surface area contributed by atoms with Crippen molar-refractivity contribution in [1.82, 2.24) is 5.32 Å². The highest BCUT2D eigenvalue weighted by molar-refractivity contribution is 5.43. The Morgan fingerprint density at radius 1 is 1.19 bits per heavy atom. The van der Waals surface area contributed by atoms with Gasteiger partial charge in [-0.05, 0) is 37.1 Å². The number of aliphatic hydroxyl groups is 1. The first kappa shape index (κ1) is 16.1. The zero-order valence-corrected chi connectivity index (χ0v) is 13.2. The lowest BCUT2D eigenvalue weighted by molar-refractivity contribution is -0.0343. The molecule has 0 saturated heterocycles. The van der Waals surface area contributed by atoms with Crippen molar-refractivity contribution in [1.29, 1.82) is 0 Å². The highest BCUT2D eigenvalue weighted by Gasteiger charge is 2.30. The van der Waals surface area contributed by atoms with Crippen LogP contribution in [-0.2, 0) is 6.54 Å². The molecule has 1 aliphatic rings. The third-order valence-electron chi connectivity index (χ3n) is 4.09. The molecule has 0 unspecified atom stereocenters. The predicted octanol–water partition coefficient (Wildman–Crippen LogP) is 2.88. The van der Waals surface area contributed by atoms with Crippen LogP contribution in [0.5, 0.6) is 11.5 Å². The molecule has 2 N–H and O–H groups in total. The number of hydrogen-bond acceptors (Lipinski definition) is 4. The van der Waals surface area contributed by atoms with Crippen molar-refractivity contribution in [2.24, 2.45) is 0 Å². The Bertz CT molecular complexity index is 442. The maximum absolute atomic E-state index is 10.5. The Kier molecular flexibility index (Phi) is 5.88. The molecule has 118 valence electrons. The van der Waals surface area contributed by atoms with E-state index in [1.165, 1.54) is 6.42 Å². The van der Waals surface area contributed by atoms with E-state index < -0.39 is 5.60 Å². The molecule has 0 radical (unpaired) electrons. The topological polar surface area (TPSA) is 50.7 Å². The van der Waals surface area contributed by atoms with Gasteiger partial charge in [-0.3, -0.25) is 0 Å². The molecule has 0 aromatic heterocycles. The average molecular weight is 293 g/mol. The third-order valence-corrected chi connectivity index (χ3v) is 4.09. The summed E-state index contributed by atoms with van der Waals surface area (Å²) < 4.78 is 11.2. The summed E-state index contributed by atoms with van der Waals surface area (Å²) in [6, 6.07) is 5.95. The lowest BCUT2D eigenvalue weighted by Crippen LogP contribution is -2.37. The first-order valence-electron chi connectivity index (χ1n) is 7.90. The summed E-state index contributed by atoms with van der Waals surface area (Å²) in [5, 5.41) is 13.8. The van der Waals surface area contributed by atoms with Crippen molar-refractivity contribution in [3.8, 4) is 11.5 Å². The van der Waals surface area contributed by atoms with Gasteiger partial charge in [0.2, 0.25) is 0 Å². The standard InChI is InChI=1S/C17H27NO3/c1-3-18-12-14-7-8-15(20-2)16(11-14)21-13-17(19)9-5-4-6-10-17/h7-8,11,18-19H,3-6,9-10,12-13H2,1-2H3. The van der Waals surface area contributed by atoms with Gasteiger partial charge in [-0.1, -0.05) is 32.3 Å². The van der Waals surface area contributed by atoms with E-state index in [2.05, 4.69) is 12.2 Å². The molecular formula is C17H27NO3. The van der Waals surface area contributed by atoms with Crippen molar-refractivity contribution in [2.45, 2.75) is 51.2 Å². The Labute approximate surface area is 127 Å². The van der Waals surface area contributed by atoms with E-state index in [0.717, 1.165) is 50.1 Å². The van der Waals surface area contributed by atoms with Gasteiger partial charge in [0.25, 0.3) is 0 Å². The number of methoxy groups -OCH3 is 1. The number of nitrogens with one attached hydrogen (secondary N) is 1. The van der Waals surface area contributed by atoms with Crippen molar-refractivity contribution in [3.63, 3.8) is 0 Å². The van der Waals surface area contributed by atoms with E-state index in [0.29, 0.717) is 12.4 Å². The molecule has 0 amide bonds. The zero-order valence-electron chi connectivity index (χ0n) is 13.2. The fourth-order valence-corrected chi connectivity index (χ4v) is 2.78. The van der Waals surface area contributed by atoms with Crippen LogP contribution in [0.3, 0.4) is 0 Å². The molecule has 4 nitrogen and oxygen atoms in total. The summed E-state index contributed by atoms with van der Waals surface area (Å²) >= 11 is 0. The van der Waals surface area contributed by atoms with E-state index in [4.69, 9.17) is 9.47 Å². The second-order valence-electron chi connectivity index (χ2n) is 5.84. The summed E-state index contributed by atoms with van der Waals surface area (Å²) in [6.45, 7) is 4.16. The molecule has 0 aliphatic heterocycles. The van der Waals surface area contributed by atoms with Gasteiger partial charge in [-0.2, -0.15) is 0 Å². The van der Waals surface area contributed by atoms with Crippen LogP contribution in [0.4, 0.5) is 0 Å². The maximum atomic E-state index is 10.5. The smallest absolute Gasteiger partial charge is 0.161 e. The number of hydrogen-bond donors (Lipinski definition) is 2. The Hall–Kier alpha value is -1.26. The van der Waals surface area contributed by atoms with Gasteiger partial charge in [0.15, 0.2) is 11.5 Å². The summed E-state index contributed by atoms with van der Waals surface area (Å²) in [5.41, 5.74) is 0.476. The zero-order chi connectivity index (χ0) is 15.1. The molecule has 0 heterocycles. The highest BCUT2D eigenvalue weighted by atomic mass is 16.5. The van der Waals surface area contributed by atoms with Gasteiger partial charge < -0.3 is 19.9 Å². The molecule has 1 fully saturated rings. The maximum Gasteiger partial charge on any atom is 0.161 e. The van der Waals surface area contributed by atoms with Crippen LogP contribution >= 0.6 is 0 Å². The summed E-state index contributed by atoms with van der Waals surface area (Å²) in [7, 11) is 1.64. The Balaban J connectivity index is 2.02. The van der Waals surface area contributed by atoms with Crippen molar-refractivity contribution in [3.05, 3.63) is 23.8 Å². The summed E-state index contributed by atoms with van der Waals surface area (Å²) in [4.78, 5) is 0. The summed E-state index contributed by atoms with van der Waals surface area (Å²) in [6.07, 6.45) is 5.03. The van der Waals surface area contributed by atoms with E-state index in [1.807, 2.05) is 18.2 Å². The van der Waals surface area contributed by atoms with Crippen LogP contribution in [0, 0.1) is 0 Å². The SMILES string of the molecule is CCNCc1ccc(OC)c(OCC2(O)CCCCC2)c1. The van der Waals surface area contributed by atoms with E-state index in [1.54, 1.807) is 7.11 Å². The first-order chi connectivity index (χ1) is 10.2. The van der Waals surface area contributed by atoms with Gasteiger partial charge in [0.05, 0.1) is 12.7 Å². The molecule has 0 spiro atoms. The summed E-state index contributed by atoms with van der Waals surface area (Å²) in [5.74, 6) is 1.43. The van der Waals surface area contributed by atoms with Crippen LogP contribution in [0.2, 0.25) is 0 Å². The molecule has 2 rings (SSSR count). The fourth-order valence-electron chi connectivity index (χ4n) is 2.78. The van der Waals surface area contributed by atoms with Crippen molar-refractivity contribution >= 4 is 0 Å². The minimum Gasteiger partial charge on any atom is -0.493 e. The van der Waals surface area contributed by atoms with Gasteiger partial charge in [0, 0.05) is 6.54 Å². The minimum atomic E-state index is -0.680. The highest BCUT2D eigenvalue weighted by Crippen LogP contribution is 2.32. The van der Waals surface area contributed by atoms with E-state index in [9.17, 15) is 5.11 Å². The fraction of sp³-hybridized carbons (Fsp3) is 0.647. The van der Waals surface area contributed by atoms with Gasteiger partial charge in [-0.15, -0.1) is 0 Å². The van der Waals surface area contributed by atoms with Gasteiger partial charge >= 0.3 is 0 Å². The Morgan fingerprint density at radius 3 is 2.62 bits per heavy atom. The average Bonchev–Trinajstić information content (AvgIpc) is 2.52. The minimum absolute atomic E-state index is 0.341. The van der Waals surface area contributed by atoms with Crippen molar-refractivity contribution < 1.29 is 14.6 Å². The lowest BCUT2D eigenvalue weighted by Gasteiger charge is -2.31. The predicted molar refractivity (Wildman–Crippen MR) is 83.9 cm³/mol. The molecule has 21 heavy (non-hydrogen) atoms. The Morgan fingerprint density at radius 2 is 1.95 bits per heavy atom. The molecule has 1 aliphatic carbocycles. The molecule has 1 saturated carbocycles. The van der Waals surface area contributed by atoms with Crippen LogP contribution in [0.1, 0.15) is 44.6 Å². The number of rotatable bonds is 7. The van der Waals surface area contributed by atoms with Crippen LogP contribution < -0.4 is 14.8 Å². The first-order valence-corrected chi connectivity index (χ1v) is 7.90. The number of benzene rings is 1. The second kappa shape index (κ2) is 7.66. The van der Waals surface area contributed by atoms with E-state index >= 15 is 0 Å². The second-order valence-corrected chi connectivity index (χ2v) is 5.84. The van der Waals surface area contributed by atoms with Gasteiger partial charge in [0.1, 0.15) is 6.61 Å². The molecule has 0 bridgehead atoms. The van der Waals surface area contributed by atoms with Crippen molar-refractivity contribution in [2.75, 3.05) is 20.3 Å². The molecule has 1 aromatic carbocycles. The van der Waals surface area contributed by atoms with Crippen LogP contribution in [0.15, 0.2) is 18.2 Å². The third kappa shape index (κ3) is 4.61. The number of ether oxygens (including phenoxy) is 2.